The molecule has 1 rings (SSSR count). The third kappa shape index (κ3) is 13.7. The van der Waals surface area contributed by atoms with Crippen molar-refractivity contribution in [3.05, 3.63) is 22.1 Å². The molecular weight excluding hydrogens is 219 g/mol. The van der Waals surface area contributed by atoms with Crippen molar-refractivity contribution in [2.75, 3.05) is 6.61 Å². The summed E-state index contributed by atoms with van der Waals surface area (Å²) in [6, 6.07) is 0. The Morgan fingerprint density at radius 2 is 2.00 bits per heavy atom. The number of hydrogen-bond acceptors (Lipinski definition) is 1. The molecule has 0 amide bonds. The van der Waals surface area contributed by atoms with Gasteiger partial charge in [-0.1, -0.05) is 6.92 Å². The van der Waals surface area contributed by atoms with Crippen LogP contribution in [0.25, 0.3) is 0 Å². The summed E-state index contributed by atoms with van der Waals surface area (Å²) in [5.41, 5.74) is 0. The van der Waals surface area contributed by atoms with Crippen molar-refractivity contribution in [3.8, 4) is 0 Å². The zero-order valence-electron chi connectivity index (χ0n) is 6.31. The molecular formula is C7H10Cl2OTi. The van der Waals surface area contributed by atoms with Crippen molar-refractivity contribution < 1.29 is 50.4 Å². The molecule has 0 radical (unpaired) electrons. The third-order valence-electron chi connectivity index (χ3n) is 0.771. The summed E-state index contributed by atoms with van der Waals surface area (Å²) < 4.78 is 1.47. The molecule has 4 heteroatoms. The number of hydrogen-bond donors (Lipinski definition) is 0. The van der Waals surface area contributed by atoms with E-state index < -0.39 is 0 Å². The fraction of sp³-hybridized carbons (Fsp3) is 0.429. The predicted molar refractivity (Wildman–Crippen MR) is 32.4 cm³/mol. The average Bonchev–Trinajstić information content (AvgIpc) is 2.20. The van der Waals surface area contributed by atoms with Gasteiger partial charge in [-0.15, -0.1) is 6.61 Å². The Labute approximate surface area is 92.2 Å². The molecule has 0 aromatic heterocycles. The Morgan fingerprint density at radius 1 is 1.55 bits per heavy atom. The first kappa shape index (κ1) is 17.7. The van der Waals surface area contributed by atoms with Gasteiger partial charge in [0.05, 0.1) is 0 Å². The van der Waals surface area contributed by atoms with Gasteiger partial charge in [0.1, 0.15) is 0 Å². The molecule has 0 aromatic carbocycles. The van der Waals surface area contributed by atoms with Gasteiger partial charge >= 0.3 is 49.0 Å². The minimum atomic E-state index is 0. The predicted octanol–water partition coefficient (Wildman–Crippen LogP) is -5.25. The van der Waals surface area contributed by atoms with E-state index in [-0.39, 0.29) is 31.4 Å². The van der Waals surface area contributed by atoms with Crippen LogP contribution in [0.1, 0.15) is 13.3 Å². The Kier molecular flexibility index (Phi) is 21.5. The SMILES string of the molecule is CC[O-].[Cl-].[Cl-].[Ti+3][C]1=CC=CC1. The second-order valence-electron chi connectivity index (χ2n) is 1.61. The summed E-state index contributed by atoms with van der Waals surface area (Å²) in [6.45, 7) is 1.57. The van der Waals surface area contributed by atoms with E-state index in [1.54, 1.807) is 6.92 Å². The van der Waals surface area contributed by atoms with Gasteiger partial charge in [0.25, 0.3) is 0 Å². The average molecular weight is 229 g/mol. The summed E-state index contributed by atoms with van der Waals surface area (Å²) in [5.74, 6) is 0. The monoisotopic (exact) mass is 228 g/mol. The summed E-state index contributed by atoms with van der Waals surface area (Å²) in [5, 5.41) is 8.93. The molecule has 0 unspecified atom stereocenters. The molecule has 0 aromatic rings. The van der Waals surface area contributed by atoms with E-state index >= 15 is 0 Å². The van der Waals surface area contributed by atoms with Crippen LogP contribution in [0.2, 0.25) is 0 Å². The first-order chi connectivity index (χ1) is 4.31. The zero-order chi connectivity index (χ0) is 7.11. The van der Waals surface area contributed by atoms with Gasteiger partial charge in [-0.3, -0.25) is 0 Å². The molecule has 1 aliphatic carbocycles. The summed E-state index contributed by atoms with van der Waals surface area (Å²) in [4.78, 5) is 0. The van der Waals surface area contributed by atoms with E-state index in [1.165, 1.54) is 10.3 Å². The zero-order valence-corrected chi connectivity index (χ0v) is 9.38. The van der Waals surface area contributed by atoms with Gasteiger partial charge in [0.15, 0.2) is 0 Å². The Balaban J connectivity index is -0.000000116. The number of halogens is 2. The molecule has 0 atom stereocenters. The van der Waals surface area contributed by atoms with Crippen LogP contribution in [-0.4, -0.2) is 6.61 Å². The van der Waals surface area contributed by atoms with E-state index in [2.05, 4.69) is 38.7 Å². The Hall–Kier alpha value is 0.734. The van der Waals surface area contributed by atoms with E-state index in [1.807, 2.05) is 0 Å². The molecule has 0 N–H and O–H groups in total. The van der Waals surface area contributed by atoms with Crippen LogP contribution in [0.15, 0.2) is 22.1 Å². The molecule has 62 valence electrons. The van der Waals surface area contributed by atoms with E-state index in [4.69, 9.17) is 5.11 Å². The van der Waals surface area contributed by atoms with Crippen LogP contribution >= 0.6 is 0 Å². The number of allylic oxidation sites excluding steroid dienone is 4. The van der Waals surface area contributed by atoms with Crippen molar-refractivity contribution in [1.82, 2.24) is 0 Å². The van der Waals surface area contributed by atoms with E-state index in [9.17, 15) is 0 Å². The second kappa shape index (κ2) is 13.3. The molecule has 0 saturated carbocycles. The van der Waals surface area contributed by atoms with Crippen molar-refractivity contribution in [2.45, 2.75) is 13.3 Å². The Morgan fingerprint density at radius 3 is 2.09 bits per heavy atom. The normalized spacial score (nSPS) is 11.8. The summed E-state index contributed by atoms with van der Waals surface area (Å²) >= 11 is 2.14. The molecule has 0 heterocycles. The standard InChI is InChI=1S/C5H5.C2H5O.2ClH.Ti/c1-2-4-5-3-1;1-2-3;;;/h1-3H,4H2;2H2,1H3;2*1H;/q;-1;;;+3/p-2. The minimum absolute atomic E-state index is 0. The maximum atomic E-state index is 8.93. The van der Waals surface area contributed by atoms with Crippen LogP contribution < -0.4 is 29.9 Å². The fourth-order valence-corrected chi connectivity index (χ4v) is 0.782. The molecule has 0 spiro atoms. The fourth-order valence-electron chi connectivity index (χ4n) is 0.447. The second-order valence-corrected chi connectivity index (χ2v) is 2.62. The first-order valence-corrected chi connectivity index (χ1v) is 3.74. The van der Waals surface area contributed by atoms with Gasteiger partial charge < -0.3 is 29.9 Å². The summed E-state index contributed by atoms with van der Waals surface area (Å²) in [6.07, 6.45) is 7.56. The molecule has 1 aliphatic rings. The molecule has 0 fully saturated rings. The quantitative estimate of drug-likeness (QED) is 0.380. The topological polar surface area (TPSA) is 23.1 Å². The summed E-state index contributed by atoms with van der Waals surface area (Å²) in [7, 11) is 0. The van der Waals surface area contributed by atoms with Gasteiger partial charge in [-0.25, -0.2) is 0 Å². The molecule has 0 bridgehead atoms. The first-order valence-electron chi connectivity index (χ1n) is 2.96. The van der Waals surface area contributed by atoms with Crippen LogP contribution in [-0.2, 0) is 20.4 Å². The Bertz CT molecular complexity index is 124. The van der Waals surface area contributed by atoms with Gasteiger partial charge in [-0.05, 0) is 0 Å². The van der Waals surface area contributed by atoms with Gasteiger partial charge in [0.2, 0.25) is 0 Å². The molecule has 11 heavy (non-hydrogen) atoms. The molecule has 1 nitrogen and oxygen atoms in total. The van der Waals surface area contributed by atoms with Crippen molar-refractivity contribution in [1.29, 1.82) is 0 Å². The van der Waals surface area contributed by atoms with Crippen molar-refractivity contribution >= 4 is 0 Å². The van der Waals surface area contributed by atoms with E-state index in [0.717, 1.165) is 0 Å². The van der Waals surface area contributed by atoms with Crippen LogP contribution in [0.3, 0.4) is 0 Å². The van der Waals surface area contributed by atoms with Gasteiger partial charge in [-0.2, -0.15) is 0 Å². The molecule has 0 saturated heterocycles. The third-order valence-corrected chi connectivity index (χ3v) is 1.35. The van der Waals surface area contributed by atoms with Gasteiger partial charge in [0, 0.05) is 0 Å². The molecule has 0 aliphatic heterocycles. The van der Waals surface area contributed by atoms with Crippen molar-refractivity contribution in [3.63, 3.8) is 0 Å². The van der Waals surface area contributed by atoms with Crippen molar-refractivity contribution in [2.24, 2.45) is 0 Å². The van der Waals surface area contributed by atoms with Crippen LogP contribution in [0.5, 0.6) is 0 Å². The van der Waals surface area contributed by atoms with Crippen LogP contribution in [0, 0.1) is 0 Å². The maximum absolute atomic E-state index is 8.93. The number of rotatable bonds is 0. The van der Waals surface area contributed by atoms with Crippen LogP contribution in [0.4, 0.5) is 0 Å². The van der Waals surface area contributed by atoms with E-state index in [0.29, 0.717) is 0 Å².